The maximum Gasteiger partial charge on any atom is 0.264 e. The summed E-state index contributed by atoms with van der Waals surface area (Å²) in [4.78, 5) is 12.7. The zero-order chi connectivity index (χ0) is 22.6. The number of anilines is 2. The summed E-state index contributed by atoms with van der Waals surface area (Å²) >= 11 is 0. The van der Waals surface area contributed by atoms with Crippen molar-refractivity contribution < 1.29 is 13.2 Å². The van der Waals surface area contributed by atoms with Crippen LogP contribution in [0.25, 0.3) is 0 Å². The van der Waals surface area contributed by atoms with Gasteiger partial charge in [-0.05, 0) is 66.6 Å². The normalized spacial score (nSPS) is 13.5. The molecule has 1 aliphatic rings. The fraction of sp³-hybridized carbons (Fsp3) is 0.269. The van der Waals surface area contributed by atoms with Gasteiger partial charge in [-0.1, -0.05) is 55.5 Å². The first-order valence-electron chi connectivity index (χ1n) is 11.1. The van der Waals surface area contributed by atoms with E-state index in [2.05, 4.69) is 12.2 Å². The van der Waals surface area contributed by atoms with Crippen molar-refractivity contribution in [3.8, 4) is 0 Å². The zero-order valence-electron chi connectivity index (χ0n) is 18.3. The highest BCUT2D eigenvalue weighted by molar-refractivity contribution is 7.92. The predicted octanol–water partition coefficient (Wildman–Crippen LogP) is 4.96. The van der Waals surface area contributed by atoms with Crippen molar-refractivity contribution in [1.29, 1.82) is 0 Å². The summed E-state index contributed by atoms with van der Waals surface area (Å²) in [5, 5.41) is 2.98. The van der Waals surface area contributed by atoms with Crippen molar-refractivity contribution in [2.24, 2.45) is 0 Å². The molecule has 0 saturated carbocycles. The van der Waals surface area contributed by atoms with Crippen molar-refractivity contribution in [1.82, 2.24) is 0 Å². The minimum Gasteiger partial charge on any atom is -0.326 e. The average molecular weight is 449 g/mol. The lowest BCUT2D eigenvalue weighted by molar-refractivity contribution is -0.116. The van der Waals surface area contributed by atoms with E-state index in [1.165, 1.54) is 4.31 Å². The summed E-state index contributed by atoms with van der Waals surface area (Å²) in [5.74, 6) is -0.0486. The molecule has 6 heteroatoms. The molecule has 0 aromatic heterocycles. The highest BCUT2D eigenvalue weighted by atomic mass is 32.2. The lowest BCUT2D eigenvalue weighted by Gasteiger charge is -2.30. The van der Waals surface area contributed by atoms with Crippen LogP contribution in [0.3, 0.4) is 0 Å². The van der Waals surface area contributed by atoms with Gasteiger partial charge < -0.3 is 5.32 Å². The number of benzene rings is 3. The van der Waals surface area contributed by atoms with Crippen LogP contribution in [-0.4, -0.2) is 20.9 Å². The molecule has 1 N–H and O–H groups in total. The molecular weight excluding hydrogens is 420 g/mol. The molecule has 0 bridgehead atoms. The van der Waals surface area contributed by atoms with Gasteiger partial charge in [0.15, 0.2) is 0 Å². The molecule has 0 saturated heterocycles. The Morgan fingerprint density at radius 3 is 2.47 bits per heavy atom. The SMILES string of the molecule is CCc1ccccc1NC(=O)CCc1ccc(S(=O)(=O)N2CCCc3ccccc32)cc1. The number of sulfonamides is 1. The Hall–Kier alpha value is -3.12. The minimum absolute atomic E-state index is 0.0486. The first-order chi connectivity index (χ1) is 15.5. The molecule has 0 aliphatic carbocycles. The van der Waals surface area contributed by atoms with Crippen LogP contribution in [0.15, 0.2) is 77.7 Å². The second-order valence-electron chi connectivity index (χ2n) is 8.01. The van der Waals surface area contributed by atoms with Crippen molar-refractivity contribution in [3.05, 3.63) is 89.5 Å². The highest BCUT2D eigenvalue weighted by Gasteiger charge is 2.28. The van der Waals surface area contributed by atoms with Crippen LogP contribution in [0.4, 0.5) is 11.4 Å². The van der Waals surface area contributed by atoms with E-state index >= 15 is 0 Å². The van der Waals surface area contributed by atoms with Gasteiger partial charge in [0.25, 0.3) is 10.0 Å². The van der Waals surface area contributed by atoms with Gasteiger partial charge in [0.1, 0.15) is 0 Å². The van der Waals surface area contributed by atoms with Gasteiger partial charge in [-0.2, -0.15) is 0 Å². The molecule has 32 heavy (non-hydrogen) atoms. The number of carbonyl (C=O) groups is 1. The van der Waals surface area contributed by atoms with Gasteiger partial charge in [-0.3, -0.25) is 9.10 Å². The first-order valence-corrected chi connectivity index (χ1v) is 12.5. The molecular formula is C26H28N2O3S. The monoisotopic (exact) mass is 448 g/mol. The van der Waals surface area contributed by atoms with E-state index in [1.54, 1.807) is 24.3 Å². The number of nitrogens with zero attached hydrogens (tertiary/aromatic N) is 1. The number of aryl methyl sites for hydroxylation is 3. The topological polar surface area (TPSA) is 66.5 Å². The Labute approximate surface area is 190 Å². The lowest BCUT2D eigenvalue weighted by atomic mass is 10.0. The van der Waals surface area contributed by atoms with Crippen LogP contribution < -0.4 is 9.62 Å². The van der Waals surface area contributed by atoms with E-state index in [4.69, 9.17) is 0 Å². The molecule has 0 radical (unpaired) electrons. The van der Waals surface area contributed by atoms with Gasteiger partial charge in [0.05, 0.1) is 10.6 Å². The number of hydrogen-bond donors (Lipinski definition) is 1. The second kappa shape index (κ2) is 9.57. The summed E-state index contributed by atoms with van der Waals surface area (Å²) in [6, 6.07) is 22.4. The summed E-state index contributed by atoms with van der Waals surface area (Å²) in [5.41, 5.74) is 4.72. The summed E-state index contributed by atoms with van der Waals surface area (Å²) < 4.78 is 28.0. The van der Waals surface area contributed by atoms with E-state index in [1.807, 2.05) is 48.5 Å². The molecule has 0 fully saturated rings. The Balaban J connectivity index is 1.42. The van der Waals surface area contributed by atoms with Gasteiger partial charge in [-0.15, -0.1) is 0 Å². The minimum atomic E-state index is -3.62. The summed E-state index contributed by atoms with van der Waals surface area (Å²) in [6.07, 6.45) is 3.45. The van der Waals surface area contributed by atoms with E-state index in [0.29, 0.717) is 19.4 Å². The molecule has 3 aromatic rings. The molecule has 0 unspecified atom stereocenters. The van der Waals surface area contributed by atoms with Crippen LogP contribution in [-0.2, 0) is 34.1 Å². The maximum absolute atomic E-state index is 13.3. The molecule has 0 spiro atoms. The Bertz CT molecular complexity index is 1200. The third-order valence-electron chi connectivity index (χ3n) is 5.89. The summed E-state index contributed by atoms with van der Waals surface area (Å²) in [7, 11) is -3.62. The van der Waals surface area contributed by atoms with Gasteiger partial charge in [-0.25, -0.2) is 8.42 Å². The molecule has 1 heterocycles. The number of para-hydroxylation sites is 2. The van der Waals surface area contributed by atoms with Crippen LogP contribution in [0.1, 0.15) is 36.5 Å². The molecule has 4 rings (SSSR count). The van der Waals surface area contributed by atoms with Gasteiger partial charge in [0.2, 0.25) is 5.91 Å². The highest BCUT2D eigenvalue weighted by Crippen LogP contribution is 2.31. The Morgan fingerprint density at radius 2 is 1.69 bits per heavy atom. The molecule has 1 aliphatic heterocycles. The number of amides is 1. The van der Waals surface area contributed by atoms with Crippen molar-refractivity contribution in [3.63, 3.8) is 0 Å². The Kier molecular flexibility index (Phi) is 6.61. The maximum atomic E-state index is 13.3. The molecule has 3 aromatic carbocycles. The average Bonchev–Trinajstić information content (AvgIpc) is 2.83. The third kappa shape index (κ3) is 4.70. The fourth-order valence-electron chi connectivity index (χ4n) is 4.13. The number of rotatable bonds is 7. The standard InChI is InChI=1S/C26H28N2O3S/c1-2-21-8-3-5-11-24(21)27-26(29)18-15-20-13-16-23(17-14-20)32(30,31)28-19-7-10-22-9-4-6-12-25(22)28/h3-6,8-9,11-14,16-17H,2,7,10,15,18-19H2,1H3,(H,27,29). The van der Waals surface area contributed by atoms with Crippen LogP contribution >= 0.6 is 0 Å². The number of hydrogen-bond acceptors (Lipinski definition) is 3. The predicted molar refractivity (Wildman–Crippen MR) is 129 cm³/mol. The van der Waals surface area contributed by atoms with Crippen LogP contribution in [0.2, 0.25) is 0 Å². The number of fused-ring (bicyclic) bond motifs is 1. The molecule has 1 amide bonds. The molecule has 166 valence electrons. The van der Waals surface area contributed by atoms with Gasteiger partial charge in [0, 0.05) is 18.7 Å². The smallest absolute Gasteiger partial charge is 0.264 e. The fourth-order valence-corrected chi connectivity index (χ4v) is 5.67. The van der Waals surface area contributed by atoms with Crippen LogP contribution in [0.5, 0.6) is 0 Å². The van der Waals surface area contributed by atoms with E-state index in [9.17, 15) is 13.2 Å². The molecule has 0 atom stereocenters. The van der Waals surface area contributed by atoms with E-state index < -0.39 is 10.0 Å². The van der Waals surface area contributed by atoms with Crippen molar-refractivity contribution >= 4 is 27.3 Å². The number of carbonyl (C=O) groups excluding carboxylic acids is 1. The first kappa shape index (κ1) is 22.1. The largest absolute Gasteiger partial charge is 0.326 e. The summed E-state index contributed by atoms with van der Waals surface area (Å²) in [6.45, 7) is 2.55. The lowest BCUT2D eigenvalue weighted by Crippen LogP contribution is -2.35. The quantitative estimate of drug-likeness (QED) is 0.555. The van der Waals surface area contributed by atoms with Gasteiger partial charge >= 0.3 is 0 Å². The zero-order valence-corrected chi connectivity index (χ0v) is 19.1. The van der Waals surface area contributed by atoms with Crippen molar-refractivity contribution in [2.45, 2.75) is 43.9 Å². The van der Waals surface area contributed by atoms with Crippen LogP contribution in [0, 0.1) is 0 Å². The second-order valence-corrected chi connectivity index (χ2v) is 9.87. The van der Waals surface area contributed by atoms with E-state index in [0.717, 1.165) is 47.3 Å². The number of nitrogens with one attached hydrogen (secondary N) is 1. The molecule has 5 nitrogen and oxygen atoms in total. The van der Waals surface area contributed by atoms with E-state index in [-0.39, 0.29) is 10.8 Å². The third-order valence-corrected chi connectivity index (χ3v) is 7.72. The van der Waals surface area contributed by atoms with Crippen molar-refractivity contribution in [2.75, 3.05) is 16.2 Å². The Morgan fingerprint density at radius 1 is 0.969 bits per heavy atom.